The van der Waals surface area contributed by atoms with Crippen molar-refractivity contribution in [3.63, 3.8) is 0 Å². The van der Waals surface area contributed by atoms with E-state index in [2.05, 4.69) is 35.8 Å². The Balaban J connectivity index is 1.86. The highest BCUT2D eigenvalue weighted by molar-refractivity contribution is 9.10. The van der Waals surface area contributed by atoms with Crippen LogP contribution in [-0.2, 0) is 10.0 Å². The lowest BCUT2D eigenvalue weighted by Gasteiger charge is -2.14. The van der Waals surface area contributed by atoms with Crippen LogP contribution in [0.1, 0.15) is 13.3 Å². The van der Waals surface area contributed by atoms with Crippen molar-refractivity contribution in [3.05, 3.63) is 52.0 Å². The molecule has 0 saturated heterocycles. The van der Waals surface area contributed by atoms with Crippen LogP contribution in [0.5, 0.6) is 0 Å². The second kappa shape index (κ2) is 7.55. The highest BCUT2D eigenvalue weighted by atomic mass is 79.9. The van der Waals surface area contributed by atoms with E-state index in [9.17, 15) is 12.8 Å². The van der Waals surface area contributed by atoms with Crippen molar-refractivity contribution in [2.75, 3.05) is 10.5 Å². The van der Waals surface area contributed by atoms with Crippen LogP contribution in [0.4, 0.5) is 10.1 Å². The first-order valence-electron chi connectivity index (χ1n) is 8.72. The number of aromatic nitrogens is 3. The molecule has 0 amide bonds. The summed E-state index contributed by atoms with van der Waals surface area (Å²) in [4.78, 5) is 4.33. The number of benzene rings is 2. The number of sulfonamides is 1. The van der Waals surface area contributed by atoms with Crippen LogP contribution in [0.25, 0.3) is 32.9 Å². The van der Waals surface area contributed by atoms with Crippen LogP contribution in [0.3, 0.4) is 0 Å². The molecule has 0 aliphatic carbocycles. The fourth-order valence-corrected chi connectivity index (χ4v) is 5.21. The first-order valence-corrected chi connectivity index (χ1v) is 11.5. The number of anilines is 1. The second-order valence-electron chi connectivity index (χ2n) is 6.50. The van der Waals surface area contributed by atoms with Crippen LogP contribution in [-0.4, -0.2) is 29.4 Å². The molecule has 0 spiro atoms. The van der Waals surface area contributed by atoms with Crippen molar-refractivity contribution in [1.29, 1.82) is 0 Å². The minimum absolute atomic E-state index is 0.00237. The summed E-state index contributed by atoms with van der Waals surface area (Å²) in [6.45, 7) is 1.76. The minimum atomic E-state index is -3.56. The molecule has 0 atom stereocenters. The van der Waals surface area contributed by atoms with E-state index in [1.54, 1.807) is 25.3 Å². The van der Waals surface area contributed by atoms with Gasteiger partial charge in [-0.2, -0.15) is 5.10 Å². The Bertz CT molecular complexity index is 1360. The molecule has 2 heterocycles. The second-order valence-corrected chi connectivity index (χ2v) is 9.47. The molecule has 150 valence electrons. The van der Waals surface area contributed by atoms with Crippen molar-refractivity contribution >= 4 is 65.0 Å². The molecule has 0 aliphatic heterocycles. The molecule has 2 aromatic carbocycles. The van der Waals surface area contributed by atoms with Gasteiger partial charge in [0.2, 0.25) is 10.0 Å². The molecule has 29 heavy (non-hydrogen) atoms. The van der Waals surface area contributed by atoms with E-state index in [4.69, 9.17) is 11.6 Å². The summed E-state index contributed by atoms with van der Waals surface area (Å²) in [5.74, 6) is -0.598. The molecule has 4 rings (SSSR count). The van der Waals surface area contributed by atoms with Gasteiger partial charge in [-0.25, -0.2) is 17.8 Å². The lowest BCUT2D eigenvalue weighted by Crippen LogP contribution is -2.16. The van der Waals surface area contributed by atoms with Gasteiger partial charge in [-0.05, 0) is 51.5 Å². The van der Waals surface area contributed by atoms with E-state index in [0.717, 1.165) is 16.2 Å². The topological polar surface area (TPSA) is 87.7 Å². The number of aromatic amines is 1. The summed E-state index contributed by atoms with van der Waals surface area (Å²) in [6, 6.07) is 7.84. The van der Waals surface area contributed by atoms with Gasteiger partial charge >= 0.3 is 0 Å². The molecule has 2 N–H and O–H groups in total. The average molecular weight is 498 g/mol. The third-order valence-electron chi connectivity index (χ3n) is 4.47. The number of hydrogen-bond donors (Lipinski definition) is 2. The number of nitrogens with zero attached hydrogens (tertiary/aromatic N) is 2. The molecular weight excluding hydrogens is 483 g/mol. The maximum absolute atomic E-state index is 14.7. The van der Waals surface area contributed by atoms with Crippen molar-refractivity contribution in [2.45, 2.75) is 13.3 Å². The third kappa shape index (κ3) is 3.70. The van der Waals surface area contributed by atoms with E-state index < -0.39 is 15.8 Å². The van der Waals surface area contributed by atoms with Crippen LogP contribution in [0.2, 0.25) is 5.02 Å². The number of pyridine rings is 1. The largest absolute Gasteiger partial charge is 0.282 e. The number of fused-ring (bicyclic) bond motifs is 3. The van der Waals surface area contributed by atoms with Crippen molar-refractivity contribution in [2.24, 2.45) is 0 Å². The summed E-state index contributed by atoms with van der Waals surface area (Å²) < 4.78 is 41.9. The van der Waals surface area contributed by atoms with E-state index >= 15 is 0 Å². The minimum Gasteiger partial charge on any atom is -0.282 e. The molecule has 0 bridgehead atoms. The molecule has 0 saturated carbocycles. The maximum atomic E-state index is 14.7. The Labute approximate surface area is 179 Å². The lowest BCUT2D eigenvalue weighted by molar-refractivity contribution is 0.599. The van der Waals surface area contributed by atoms with Gasteiger partial charge in [-0.15, -0.1) is 0 Å². The van der Waals surface area contributed by atoms with Gasteiger partial charge in [0.1, 0.15) is 10.4 Å². The van der Waals surface area contributed by atoms with Gasteiger partial charge in [0, 0.05) is 17.1 Å². The van der Waals surface area contributed by atoms with Gasteiger partial charge in [0.15, 0.2) is 5.65 Å². The van der Waals surface area contributed by atoms with Crippen LogP contribution < -0.4 is 4.72 Å². The first kappa shape index (κ1) is 20.1. The van der Waals surface area contributed by atoms with E-state index in [1.165, 1.54) is 12.1 Å². The molecular formula is C19H15BrClFN4O2S. The zero-order valence-electron chi connectivity index (χ0n) is 15.1. The predicted octanol–water partition coefficient (Wildman–Crippen LogP) is 5.48. The Kier molecular flexibility index (Phi) is 5.22. The number of rotatable bonds is 5. The molecule has 0 radical (unpaired) electrons. The summed E-state index contributed by atoms with van der Waals surface area (Å²) in [5, 5.41) is 9.40. The molecule has 0 fully saturated rings. The predicted molar refractivity (Wildman–Crippen MR) is 117 cm³/mol. The highest BCUT2D eigenvalue weighted by Crippen LogP contribution is 2.38. The Morgan fingerprint density at radius 1 is 1.28 bits per heavy atom. The van der Waals surface area contributed by atoms with Gasteiger partial charge < -0.3 is 0 Å². The summed E-state index contributed by atoms with van der Waals surface area (Å²) >= 11 is 9.80. The molecule has 0 aliphatic rings. The van der Waals surface area contributed by atoms with Gasteiger partial charge in [-0.3, -0.25) is 9.82 Å². The summed E-state index contributed by atoms with van der Waals surface area (Å²) in [5.41, 5.74) is 1.41. The molecule has 4 aromatic rings. The highest BCUT2D eigenvalue weighted by Gasteiger charge is 2.18. The van der Waals surface area contributed by atoms with E-state index in [-0.39, 0.29) is 22.0 Å². The quantitative estimate of drug-likeness (QED) is 0.382. The Morgan fingerprint density at radius 3 is 2.83 bits per heavy atom. The zero-order valence-corrected chi connectivity index (χ0v) is 18.3. The van der Waals surface area contributed by atoms with Crippen molar-refractivity contribution in [3.8, 4) is 11.1 Å². The maximum Gasteiger partial charge on any atom is 0.232 e. The number of hydrogen-bond acceptors (Lipinski definition) is 4. The normalized spacial score (nSPS) is 12.0. The van der Waals surface area contributed by atoms with Gasteiger partial charge in [-0.1, -0.05) is 30.7 Å². The standard InChI is InChI=1S/C19H15BrClFN4O2S/c1-2-7-29(27,28)26-14-6-5-13(22)15(17(14)21)10-3-4-12-11(8-10)9-23-19-16(12)18(20)24-25-19/h3-6,8-9,26H,2,7H2,1H3,(H,23,24,25). The van der Waals surface area contributed by atoms with Crippen molar-refractivity contribution in [1.82, 2.24) is 15.2 Å². The van der Waals surface area contributed by atoms with E-state index in [0.29, 0.717) is 22.2 Å². The first-order chi connectivity index (χ1) is 13.8. The Hall–Kier alpha value is -2.23. The SMILES string of the molecule is CCCS(=O)(=O)Nc1ccc(F)c(-c2ccc3c(cnc4[nH]nc(Br)c43)c2)c1Cl. The molecule has 10 heteroatoms. The third-order valence-corrected chi connectivity index (χ3v) is 6.92. The Morgan fingerprint density at radius 2 is 2.07 bits per heavy atom. The summed E-state index contributed by atoms with van der Waals surface area (Å²) in [7, 11) is -3.56. The molecule has 2 aromatic heterocycles. The number of H-pyrrole nitrogens is 1. The number of halogens is 3. The fraction of sp³-hybridized carbons (Fsp3) is 0.158. The van der Waals surface area contributed by atoms with Crippen molar-refractivity contribution < 1.29 is 12.8 Å². The van der Waals surface area contributed by atoms with Crippen LogP contribution in [0.15, 0.2) is 41.1 Å². The van der Waals surface area contributed by atoms with Crippen LogP contribution >= 0.6 is 27.5 Å². The van der Waals surface area contributed by atoms with Gasteiger partial charge in [0.05, 0.1) is 21.8 Å². The van der Waals surface area contributed by atoms with Gasteiger partial charge in [0.25, 0.3) is 0 Å². The summed E-state index contributed by atoms with van der Waals surface area (Å²) in [6.07, 6.45) is 2.11. The molecule has 6 nitrogen and oxygen atoms in total. The van der Waals surface area contributed by atoms with E-state index in [1.807, 2.05) is 6.07 Å². The monoisotopic (exact) mass is 496 g/mol. The molecule has 0 unspecified atom stereocenters. The number of nitrogens with one attached hydrogen (secondary N) is 2. The lowest BCUT2D eigenvalue weighted by atomic mass is 10.00. The van der Waals surface area contributed by atoms with Crippen LogP contribution in [0, 0.1) is 5.82 Å². The average Bonchev–Trinajstić information content (AvgIpc) is 3.05. The fourth-order valence-electron chi connectivity index (χ4n) is 3.21. The zero-order chi connectivity index (χ0) is 20.8. The smallest absolute Gasteiger partial charge is 0.232 e.